The van der Waals surface area contributed by atoms with Gasteiger partial charge in [-0.2, -0.15) is 0 Å². The van der Waals surface area contributed by atoms with E-state index in [0.717, 1.165) is 18.7 Å². The van der Waals surface area contributed by atoms with Crippen LogP contribution in [0, 0.1) is 5.82 Å². The van der Waals surface area contributed by atoms with E-state index in [1.54, 1.807) is 20.2 Å². The summed E-state index contributed by atoms with van der Waals surface area (Å²) < 4.78 is 18.8. The number of nitrogens with zero attached hydrogens (tertiary/aromatic N) is 3. The quantitative estimate of drug-likeness (QED) is 0.204. The Morgan fingerprint density at radius 3 is 2.47 bits per heavy atom. The molecule has 2 rings (SSSR count). The SMILES string of the molecule is COc1cc(F)cc(CN=C(NCCCN(C)c2ccccc2)NCC(=O)N(C)C)c1.I. The predicted octanol–water partition coefficient (Wildman–Crippen LogP) is 3.10. The zero-order chi connectivity index (χ0) is 22.6. The van der Waals surface area contributed by atoms with Gasteiger partial charge in [0.25, 0.3) is 0 Å². The van der Waals surface area contributed by atoms with Gasteiger partial charge in [-0.25, -0.2) is 9.38 Å². The van der Waals surface area contributed by atoms with E-state index in [0.29, 0.717) is 23.8 Å². The van der Waals surface area contributed by atoms with E-state index in [1.807, 2.05) is 18.2 Å². The molecule has 0 bridgehead atoms. The van der Waals surface area contributed by atoms with Crippen LogP contribution in [-0.4, -0.2) is 64.7 Å². The van der Waals surface area contributed by atoms with E-state index >= 15 is 0 Å². The van der Waals surface area contributed by atoms with Gasteiger partial charge in [-0.1, -0.05) is 18.2 Å². The number of methoxy groups -OCH3 is 1. The maximum absolute atomic E-state index is 13.7. The number of hydrogen-bond acceptors (Lipinski definition) is 4. The topological polar surface area (TPSA) is 69.2 Å². The number of carbonyl (C=O) groups is 1. The van der Waals surface area contributed by atoms with Gasteiger partial charge in [0.2, 0.25) is 5.91 Å². The van der Waals surface area contributed by atoms with Gasteiger partial charge in [0, 0.05) is 46.0 Å². The van der Waals surface area contributed by atoms with Crippen molar-refractivity contribution in [1.29, 1.82) is 0 Å². The molecule has 0 fully saturated rings. The Morgan fingerprint density at radius 1 is 1.09 bits per heavy atom. The summed E-state index contributed by atoms with van der Waals surface area (Å²) >= 11 is 0. The fraction of sp³-hybridized carbons (Fsp3) is 0.391. The monoisotopic (exact) mass is 557 g/mol. The van der Waals surface area contributed by atoms with Crippen LogP contribution in [0.1, 0.15) is 12.0 Å². The lowest BCUT2D eigenvalue weighted by molar-refractivity contribution is -0.127. The van der Waals surface area contributed by atoms with Crippen LogP contribution < -0.4 is 20.3 Å². The highest BCUT2D eigenvalue weighted by Gasteiger charge is 2.07. The zero-order valence-corrected chi connectivity index (χ0v) is 21.4. The highest BCUT2D eigenvalue weighted by Crippen LogP contribution is 2.16. The molecule has 2 aromatic carbocycles. The van der Waals surface area contributed by atoms with Crippen LogP contribution in [0.3, 0.4) is 0 Å². The number of anilines is 1. The van der Waals surface area contributed by atoms with Gasteiger partial charge in [0.1, 0.15) is 11.6 Å². The third kappa shape index (κ3) is 9.71. The Kier molecular flexibility index (Phi) is 12.4. The first-order chi connectivity index (χ1) is 14.9. The highest BCUT2D eigenvalue weighted by molar-refractivity contribution is 14.0. The van der Waals surface area contributed by atoms with E-state index < -0.39 is 0 Å². The molecule has 7 nitrogen and oxygen atoms in total. The van der Waals surface area contributed by atoms with Gasteiger partial charge in [-0.05, 0) is 36.2 Å². The molecular formula is C23H33FIN5O2. The fourth-order valence-electron chi connectivity index (χ4n) is 2.83. The van der Waals surface area contributed by atoms with Crippen molar-refractivity contribution in [3.8, 4) is 5.75 Å². The largest absolute Gasteiger partial charge is 0.497 e. The smallest absolute Gasteiger partial charge is 0.241 e. The van der Waals surface area contributed by atoms with Crippen LogP contribution in [0.15, 0.2) is 53.5 Å². The number of benzene rings is 2. The molecule has 0 aliphatic heterocycles. The third-order valence-corrected chi connectivity index (χ3v) is 4.65. The lowest BCUT2D eigenvalue weighted by Crippen LogP contribution is -2.43. The van der Waals surface area contributed by atoms with Crippen molar-refractivity contribution in [1.82, 2.24) is 15.5 Å². The number of halogens is 2. The molecule has 0 aliphatic rings. The molecule has 0 heterocycles. The Balaban J connectivity index is 0.00000512. The van der Waals surface area contributed by atoms with E-state index in [9.17, 15) is 9.18 Å². The Hall–Kier alpha value is -2.56. The van der Waals surface area contributed by atoms with Crippen LogP contribution in [0.4, 0.5) is 10.1 Å². The molecule has 9 heteroatoms. The van der Waals surface area contributed by atoms with Gasteiger partial charge < -0.3 is 25.2 Å². The van der Waals surface area contributed by atoms with Gasteiger partial charge >= 0.3 is 0 Å². The van der Waals surface area contributed by atoms with E-state index in [2.05, 4.69) is 39.7 Å². The van der Waals surface area contributed by atoms with Crippen molar-refractivity contribution >= 4 is 41.5 Å². The van der Waals surface area contributed by atoms with Crippen molar-refractivity contribution in [3.63, 3.8) is 0 Å². The third-order valence-electron chi connectivity index (χ3n) is 4.65. The Morgan fingerprint density at radius 2 is 1.81 bits per heavy atom. The molecule has 2 N–H and O–H groups in total. The van der Waals surface area contributed by atoms with Gasteiger partial charge in [-0.3, -0.25) is 4.79 Å². The van der Waals surface area contributed by atoms with Crippen LogP contribution in [0.25, 0.3) is 0 Å². The normalized spacial score (nSPS) is 10.7. The first kappa shape index (κ1) is 27.5. The molecular weight excluding hydrogens is 524 g/mol. The summed E-state index contributed by atoms with van der Waals surface area (Å²) in [5.74, 6) is 0.504. The standard InChI is InChI=1S/C23H32FN5O2.HI/c1-28(2)22(30)17-27-23(26-16-18-13-19(24)15-21(14-18)31-4)25-11-8-12-29(3)20-9-6-5-7-10-20;/h5-7,9-10,13-15H,8,11-12,16-17H2,1-4H3,(H2,25,26,27);1H. The number of ether oxygens (including phenoxy) is 1. The summed E-state index contributed by atoms with van der Waals surface area (Å²) in [6, 6.07) is 14.7. The van der Waals surface area contributed by atoms with Crippen LogP contribution >= 0.6 is 24.0 Å². The second-order valence-corrected chi connectivity index (χ2v) is 7.34. The van der Waals surface area contributed by atoms with Gasteiger partial charge in [0.05, 0.1) is 20.2 Å². The van der Waals surface area contributed by atoms with Crippen molar-refractivity contribution in [2.45, 2.75) is 13.0 Å². The van der Waals surface area contributed by atoms with Crippen LogP contribution in [-0.2, 0) is 11.3 Å². The summed E-state index contributed by atoms with van der Waals surface area (Å²) in [4.78, 5) is 20.1. The van der Waals surface area contributed by atoms with E-state index in [1.165, 1.54) is 24.1 Å². The number of amides is 1. The maximum Gasteiger partial charge on any atom is 0.241 e. The number of guanidine groups is 1. The number of aliphatic imine (C=N–C) groups is 1. The molecule has 0 aliphatic carbocycles. The van der Waals surface area contributed by atoms with E-state index in [-0.39, 0.29) is 48.8 Å². The molecule has 2 aromatic rings. The minimum atomic E-state index is -0.376. The summed E-state index contributed by atoms with van der Waals surface area (Å²) in [6.07, 6.45) is 0.876. The molecule has 0 saturated carbocycles. The number of nitrogens with one attached hydrogen (secondary N) is 2. The molecule has 0 spiro atoms. The molecule has 32 heavy (non-hydrogen) atoms. The summed E-state index contributed by atoms with van der Waals surface area (Å²) in [5.41, 5.74) is 1.84. The average Bonchev–Trinajstić information content (AvgIpc) is 2.77. The number of likely N-dealkylation sites (N-methyl/N-ethyl adjacent to an activating group) is 1. The second-order valence-electron chi connectivity index (χ2n) is 7.34. The van der Waals surface area contributed by atoms with Crippen molar-refractivity contribution < 1.29 is 13.9 Å². The first-order valence-electron chi connectivity index (χ1n) is 10.2. The average molecular weight is 557 g/mol. The highest BCUT2D eigenvalue weighted by atomic mass is 127. The molecule has 1 amide bonds. The van der Waals surface area contributed by atoms with Crippen molar-refractivity contribution in [2.75, 3.05) is 52.8 Å². The molecule has 0 unspecified atom stereocenters. The number of rotatable bonds is 10. The maximum atomic E-state index is 13.7. The summed E-state index contributed by atoms with van der Waals surface area (Å²) in [7, 11) is 6.95. The minimum Gasteiger partial charge on any atom is -0.497 e. The molecule has 0 atom stereocenters. The number of carbonyl (C=O) groups excluding carboxylic acids is 1. The summed E-state index contributed by atoms with van der Waals surface area (Å²) in [5, 5.41) is 6.29. The van der Waals surface area contributed by atoms with Gasteiger partial charge in [-0.15, -0.1) is 24.0 Å². The summed E-state index contributed by atoms with van der Waals surface area (Å²) in [6.45, 7) is 1.91. The second kappa shape index (κ2) is 14.5. The molecule has 0 saturated heterocycles. The number of hydrogen-bond donors (Lipinski definition) is 2. The lowest BCUT2D eigenvalue weighted by Gasteiger charge is -2.20. The first-order valence-corrected chi connectivity index (χ1v) is 10.2. The number of para-hydroxylation sites is 1. The minimum absolute atomic E-state index is 0. The van der Waals surface area contributed by atoms with Crippen LogP contribution in [0.5, 0.6) is 5.75 Å². The molecule has 0 aromatic heterocycles. The zero-order valence-electron chi connectivity index (χ0n) is 19.1. The van der Waals surface area contributed by atoms with Crippen molar-refractivity contribution in [2.24, 2.45) is 4.99 Å². The lowest BCUT2D eigenvalue weighted by atomic mass is 10.2. The Bertz CT molecular complexity index is 865. The fourth-order valence-corrected chi connectivity index (χ4v) is 2.83. The molecule has 0 radical (unpaired) electrons. The van der Waals surface area contributed by atoms with E-state index in [4.69, 9.17) is 4.74 Å². The van der Waals surface area contributed by atoms with Gasteiger partial charge in [0.15, 0.2) is 5.96 Å². The Labute approximate surface area is 207 Å². The predicted molar refractivity (Wildman–Crippen MR) is 139 cm³/mol. The molecule has 176 valence electrons. The van der Waals surface area contributed by atoms with Crippen LogP contribution in [0.2, 0.25) is 0 Å². The van der Waals surface area contributed by atoms with Crippen molar-refractivity contribution in [3.05, 3.63) is 59.9 Å².